The van der Waals surface area contributed by atoms with Crippen molar-refractivity contribution in [2.24, 2.45) is 0 Å². The maximum absolute atomic E-state index is 13.1. The molecule has 0 spiro atoms. The van der Waals surface area contributed by atoms with Crippen molar-refractivity contribution in [2.45, 2.75) is 18.6 Å². The minimum Gasteiger partial charge on any atom is -0.490 e. The van der Waals surface area contributed by atoms with E-state index in [0.717, 1.165) is 12.2 Å². The third-order valence-electron chi connectivity index (χ3n) is 3.89. The fraction of sp³-hybridized carbons (Fsp3) is 0.353. The fourth-order valence-corrected chi connectivity index (χ4v) is 2.81. The molecular formula is C17H18ClFN2O2. The van der Waals surface area contributed by atoms with Crippen LogP contribution in [0.5, 0.6) is 5.75 Å². The molecule has 0 saturated carbocycles. The first kappa shape index (κ1) is 16.2. The van der Waals surface area contributed by atoms with Crippen molar-refractivity contribution in [1.29, 1.82) is 0 Å². The second-order valence-electron chi connectivity index (χ2n) is 5.90. The Kier molecular flexibility index (Phi) is 4.80. The molecule has 1 saturated heterocycles. The maximum atomic E-state index is 13.1. The third-order valence-corrected chi connectivity index (χ3v) is 4.11. The van der Waals surface area contributed by atoms with Crippen LogP contribution < -0.4 is 4.74 Å². The van der Waals surface area contributed by atoms with Gasteiger partial charge in [-0.1, -0.05) is 17.7 Å². The number of rotatable bonds is 5. The smallest absolute Gasteiger partial charge is 0.126 e. The predicted octanol–water partition coefficient (Wildman–Crippen LogP) is 2.89. The van der Waals surface area contributed by atoms with Gasteiger partial charge in [-0.3, -0.25) is 9.88 Å². The number of ether oxygens (including phenoxy) is 1. The van der Waals surface area contributed by atoms with Crippen LogP contribution in [-0.4, -0.2) is 40.3 Å². The van der Waals surface area contributed by atoms with Crippen molar-refractivity contribution in [1.82, 2.24) is 9.88 Å². The highest BCUT2D eigenvalue weighted by atomic mass is 35.5. The number of halogens is 2. The predicted molar refractivity (Wildman–Crippen MR) is 86.0 cm³/mol. The Bertz CT molecular complexity index is 668. The molecule has 1 aromatic heterocycles. The normalized spacial score (nSPS) is 21.5. The number of hydrogen-bond donors (Lipinski definition) is 1. The van der Waals surface area contributed by atoms with Crippen LogP contribution in [0.4, 0.5) is 4.39 Å². The molecule has 1 aliphatic heterocycles. The lowest BCUT2D eigenvalue weighted by Gasteiger charge is -2.23. The molecular weight excluding hydrogens is 319 g/mol. The Morgan fingerprint density at radius 1 is 1.35 bits per heavy atom. The van der Waals surface area contributed by atoms with E-state index < -0.39 is 5.60 Å². The zero-order valence-electron chi connectivity index (χ0n) is 12.6. The van der Waals surface area contributed by atoms with E-state index in [1.807, 2.05) is 6.07 Å². The molecule has 1 fully saturated rings. The summed E-state index contributed by atoms with van der Waals surface area (Å²) in [4.78, 5) is 6.38. The number of likely N-dealkylation sites (tertiary alicyclic amines) is 1. The number of pyridine rings is 1. The number of aliphatic hydroxyl groups is 1. The number of aromatic nitrogens is 1. The Balaban J connectivity index is 1.54. The lowest BCUT2D eigenvalue weighted by Crippen LogP contribution is -2.39. The molecule has 1 atom stereocenters. The molecule has 2 aromatic rings. The van der Waals surface area contributed by atoms with Gasteiger partial charge in [0.05, 0.1) is 10.7 Å². The van der Waals surface area contributed by atoms with Gasteiger partial charge in [0.2, 0.25) is 0 Å². The highest BCUT2D eigenvalue weighted by Gasteiger charge is 2.37. The zero-order valence-corrected chi connectivity index (χ0v) is 13.3. The van der Waals surface area contributed by atoms with Crippen LogP contribution in [0.15, 0.2) is 42.6 Å². The van der Waals surface area contributed by atoms with Crippen LogP contribution in [0.1, 0.15) is 12.1 Å². The van der Waals surface area contributed by atoms with E-state index in [2.05, 4.69) is 9.88 Å². The van der Waals surface area contributed by atoms with Gasteiger partial charge in [0.1, 0.15) is 23.8 Å². The quantitative estimate of drug-likeness (QED) is 0.912. The summed E-state index contributed by atoms with van der Waals surface area (Å²) in [7, 11) is 0. The first-order valence-corrected chi connectivity index (χ1v) is 7.84. The summed E-state index contributed by atoms with van der Waals surface area (Å²) in [6, 6.07) is 9.62. The highest BCUT2D eigenvalue weighted by molar-refractivity contribution is 6.30. The number of nitrogens with zero attached hydrogens (tertiary/aromatic N) is 2. The number of benzene rings is 1. The number of β-amino-alcohol motifs (C(OH)–C–C–N with tert-alkyl or cyclic N) is 1. The summed E-state index contributed by atoms with van der Waals surface area (Å²) in [6.45, 7) is 2.04. The Morgan fingerprint density at radius 3 is 2.96 bits per heavy atom. The van der Waals surface area contributed by atoms with Crippen LogP contribution in [0.3, 0.4) is 0 Å². The average Bonchev–Trinajstić information content (AvgIpc) is 2.90. The van der Waals surface area contributed by atoms with Gasteiger partial charge in [0, 0.05) is 31.9 Å². The third kappa shape index (κ3) is 4.41. The van der Waals surface area contributed by atoms with Gasteiger partial charge in [-0.15, -0.1) is 0 Å². The van der Waals surface area contributed by atoms with E-state index in [9.17, 15) is 9.50 Å². The monoisotopic (exact) mass is 336 g/mol. The number of hydrogen-bond acceptors (Lipinski definition) is 4. The van der Waals surface area contributed by atoms with Crippen molar-refractivity contribution in [3.63, 3.8) is 0 Å². The van der Waals surface area contributed by atoms with Gasteiger partial charge in [-0.25, -0.2) is 4.39 Å². The summed E-state index contributed by atoms with van der Waals surface area (Å²) in [5, 5.41) is 11.2. The molecule has 4 nitrogen and oxygen atoms in total. The standard InChI is InChI=1S/C17H18ClFN2O2/c18-13-4-5-15(20-9-13)10-21-7-6-17(22,11-21)12-23-16-3-1-2-14(19)8-16/h1-5,8-9,22H,6-7,10-12H2/t17-/m0/s1. The van der Waals surface area contributed by atoms with Crippen molar-refractivity contribution >= 4 is 11.6 Å². The molecule has 3 rings (SSSR count). The molecule has 6 heteroatoms. The summed E-state index contributed by atoms with van der Waals surface area (Å²) in [5.74, 6) is 0.0765. The van der Waals surface area contributed by atoms with Crippen molar-refractivity contribution in [3.05, 3.63) is 59.1 Å². The molecule has 23 heavy (non-hydrogen) atoms. The summed E-state index contributed by atoms with van der Waals surface area (Å²) >= 11 is 5.82. The topological polar surface area (TPSA) is 45.6 Å². The van der Waals surface area contributed by atoms with Crippen LogP contribution >= 0.6 is 11.6 Å². The Labute approximate surface area is 139 Å². The van der Waals surface area contributed by atoms with Gasteiger partial charge in [0.25, 0.3) is 0 Å². The van der Waals surface area contributed by atoms with E-state index in [1.54, 1.807) is 24.4 Å². The van der Waals surface area contributed by atoms with Gasteiger partial charge < -0.3 is 9.84 Å². The molecule has 1 aliphatic rings. The van der Waals surface area contributed by atoms with E-state index >= 15 is 0 Å². The van der Waals surface area contributed by atoms with Crippen LogP contribution in [0, 0.1) is 5.82 Å². The molecule has 0 radical (unpaired) electrons. The van der Waals surface area contributed by atoms with Gasteiger partial charge >= 0.3 is 0 Å². The zero-order chi connectivity index (χ0) is 16.3. The first-order valence-electron chi connectivity index (χ1n) is 7.46. The maximum Gasteiger partial charge on any atom is 0.126 e. The van der Waals surface area contributed by atoms with Crippen molar-refractivity contribution < 1.29 is 14.2 Å². The molecule has 0 amide bonds. The van der Waals surface area contributed by atoms with Crippen molar-refractivity contribution in [3.8, 4) is 5.75 Å². The van der Waals surface area contributed by atoms with E-state index in [4.69, 9.17) is 16.3 Å². The molecule has 2 heterocycles. The Morgan fingerprint density at radius 2 is 2.22 bits per heavy atom. The highest BCUT2D eigenvalue weighted by Crippen LogP contribution is 2.24. The van der Waals surface area contributed by atoms with Gasteiger partial charge in [0.15, 0.2) is 0 Å². The lowest BCUT2D eigenvalue weighted by molar-refractivity contribution is 0.00321. The second kappa shape index (κ2) is 6.83. The molecule has 0 bridgehead atoms. The van der Waals surface area contributed by atoms with Gasteiger partial charge in [-0.05, 0) is 30.7 Å². The fourth-order valence-electron chi connectivity index (χ4n) is 2.70. The van der Waals surface area contributed by atoms with E-state index in [1.165, 1.54) is 12.1 Å². The van der Waals surface area contributed by atoms with Crippen molar-refractivity contribution in [2.75, 3.05) is 19.7 Å². The van der Waals surface area contributed by atoms with E-state index in [0.29, 0.717) is 30.3 Å². The summed E-state index contributed by atoms with van der Waals surface area (Å²) in [5.41, 5.74) is -0.0247. The largest absolute Gasteiger partial charge is 0.490 e. The van der Waals surface area contributed by atoms with Crippen LogP contribution in [-0.2, 0) is 6.54 Å². The minimum absolute atomic E-state index is 0.140. The molecule has 0 aliphatic carbocycles. The second-order valence-corrected chi connectivity index (χ2v) is 6.34. The van der Waals surface area contributed by atoms with E-state index in [-0.39, 0.29) is 12.4 Å². The molecule has 122 valence electrons. The van der Waals surface area contributed by atoms with Gasteiger partial charge in [-0.2, -0.15) is 0 Å². The minimum atomic E-state index is -0.932. The SMILES string of the molecule is O[C@@]1(COc2cccc(F)c2)CCN(Cc2ccc(Cl)cn2)C1. The van der Waals surface area contributed by atoms with Crippen LogP contribution in [0.2, 0.25) is 5.02 Å². The molecule has 1 N–H and O–H groups in total. The summed E-state index contributed by atoms with van der Waals surface area (Å²) < 4.78 is 18.7. The molecule has 1 aromatic carbocycles. The molecule has 0 unspecified atom stereocenters. The summed E-state index contributed by atoms with van der Waals surface area (Å²) in [6.07, 6.45) is 2.22. The lowest BCUT2D eigenvalue weighted by atomic mass is 10.1. The average molecular weight is 337 g/mol. The van der Waals surface area contributed by atoms with Crippen LogP contribution in [0.25, 0.3) is 0 Å². The Hall–Kier alpha value is -1.69. The first-order chi connectivity index (χ1) is 11.0.